The lowest BCUT2D eigenvalue weighted by Gasteiger charge is -2.07. The Morgan fingerprint density at radius 1 is 0.565 bits per heavy atom. The number of hydrogen-bond acceptors (Lipinski definition) is 1. The molecule has 0 fully saturated rings. The normalized spacial score (nSPS) is 11.7. The fourth-order valence-corrected chi connectivity index (χ4v) is 3.56. The van der Waals surface area contributed by atoms with E-state index in [4.69, 9.17) is 5.84 Å². The van der Waals surface area contributed by atoms with Crippen LogP contribution in [0.15, 0.2) is 78.9 Å². The van der Waals surface area contributed by atoms with Gasteiger partial charge in [-0.25, -0.2) is 0 Å². The number of nitrogen functional groups attached to an aromatic ring is 1. The molecule has 0 unspecified atom stereocenters. The van der Waals surface area contributed by atoms with Crippen LogP contribution < -0.4 is 5.84 Å². The Hall–Kier alpha value is -3.20. The fourth-order valence-electron chi connectivity index (χ4n) is 3.56. The highest BCUT2D eigenvalue weighted by atomic mass is 15.3. The van der Waals surface area contributed by atoms with Gasteiger partial charge < -0.3 is 10.4 Å². The highest BCUT2D eigenvalue weighted by Gasteiger charge is 2.19. The molecule has 0 radical (unpaired) electrons. The molecule has 3 nitrogen and oxygen atoms in total. The maximum atomic E-state index is 6.44. The smallest absolute Gasteiger partial charge is 0.0965 e. The molecule has 0 bridgehead atoms. The third-order valence-corrected chi connectivity index (χ3v) is 4.52. The van der Waals surface area contributed by atoms with Crippen LogP contribution in [0.3, 0.4) is 0 Å². The number of nitrogens with two attached hydrogens (primary N) is 1. The minimum absolute atomic E-state index is 1.05. The summed E-state index contributed by atoms with van der Waals surface area (Å²) in [6, 6.07) is 27.2. The van der Waals surface area contributed by atoms with E-state index < -0.39 is 0 Å². The molecule has 3 heteroatoms. The van der Waals surface area contributed by atoms with Crippen LogP contribution in [0.2, 0.25) is 0 Å². The molecule has 23 heavy (non-hydrogen) atoms. The standard InChI is InChI=1S/C20H15N3/c21-23-18-13-7-5-11-16(18)19-20(23)15-10-4-6-12-17(15)22(19)14-8-2-1-3-9-14/h1-13H,21H2. The van der Waals surface area contributed by atoms with Crippen LogP contribution in [0.25, 0.3) is 38.5 Å². The average molecular weight is 297 g/mol. The van der Waals surface area contributed by atoms with Crippen molar-refractivity contribution in [2.75, 3.05) is 5.84 Å². The summed E-state index contributed by atoms with van der Waals surface area (Å²) < 4.78 is 4.11. The van der Waals surface area contributed by atoms with Crippen LogP contribution in [-0.4, -0.2) is 9.24 Å². The van der Waals surface area contributed by atoms with Crippen molar-refractivity contribution in [1.82, 2.24) is 9.24 Å². The average Bonchev–Trinajstić information content (AvgIpc) is 3.10. The van der Waals surface area contributed by atoms with Crippen molar-refractivity contribution in [3.63, 3.8) is 0 Å². The van der Waals surface area contributed by atoms with Crippen LogP contribution in [0.4, 0.5) is 0 Å². The second-order valence-corrected chi connectivity index (χ2v) is 5.77. The molecule has 3 aromatic carbocycles. The van der Waals surface area contributed by atoms with Gasteiger partial charge in [0.2, 0.25) is 0 Å². The number of fused-ring (bicyclic) bond motifs is 5. The highest BCUT2D eigenvalue weighted by molar-refractivity contribution is 6.19. The Labute approximate surface area is 133 Å². The predicted octanol–water partition coefficient (Wildman–Crippen LogP) is 4.45. The van der Waals surface area contributed by atoms with Crippen LogP contribution in [0, 0.1) is 0 Å². The minimum Gasteiger partial charge on any atom is -0.338 e. The number of aromatic nitrogens is 2. The summed E-state index contributed by atoms with van der Waals surface area (Å²) in [4.78, 5) is 0. The van der Waals surface area contributed by atoms with Crippen molar-refractivity contribution >= 4 is 32.8 Å². The summed E-state index contributed by atoms with van der Waals surface area (Å²) in [5.41, 5.74) is 5.61. The Morgan fingerprint density at radius 3 is 1.87 bits per heavy atom. The fraction of sp³-hybridized carbons (Fsp3) is 0. The number of rotatable bonds is 1. The first-order chi connectivity index (χ1) is 11.4. The summed E-state index contributed by atoms with van der Waals surface area (Å²) in [6.45, 7) is 0. The first-order valence-corrected chi connectivity index (χ1v) is 7.69. The van der Waals surface area contributed by atoms with Gasteiger partial charge in [0.05, 0.1) is 22.1 Å². The van der Waals surface area contributed by atoms with Crippen molar-refractivity contribution in [2.45, 2.75) is 0 Å². The van der Waals surface area contributed by atoms with Gasteiger partial charge in [0.25, 0.3) is 0 Å². The van der Waals surface area contributed by atoms with E-state index in [0.717, 1.165) is 22.2 Å². The van der Waals surface area contributed by atoms with Gasteiger partial charge in [-0.05, 0) is 24.3 Å². The second-order valence-electron chi connectivity index (χ2n) is 5.77. The Kier molecular flexibility index (Phi) is 2.36. The summed E-state index contributed by atoms with van der Waals surface area (Å²) in [7, 11) is 0. The molecule has 5 aromatic rings. The molecule has 5 rings (SSSR count). The molecular weight excluding hydrogens is 282 g/mol. The van der Waals surface area contributed by atoms with Crippen molar-refractivity contribution in [3.8, 4) is 5.69 Å². The van der Waals surface area contributed by atoms with E-state index in [-0.39, 0.29) is 0 Å². The van der Waals surface area contributed by atoms with Gasteiger partial charge in [-0.1, -0.05) is 54.6 Å². The molecule has 2 aromatic heterocycles. The third-order valence-electron chi connectivity index (χ3n) is 4.52. The van der Waals surface area contributed by atoms with Crippen molar-refractivity contribution in [1.29, 1.82) is 0 Å². The Bertz CT molecular complexity index is 1160. The Morgan fingerprint density at radius 2 is 1.13 bits per heavy atom. The van der Waals surface area contributed by atoms with Crippen LogP contribution >= 0.6 is 0 Å². The van der Waals surface area contributed by atoms with Crippen LogP contribution in [0.1, 0.15) is 0 Å². The molecule has 0 aliphatic rings. The predicted molar refractivity (Wildman–Crippen MR) is 96.4 cm³/mol. The summed E-state index contributed by atoms with van der Waals surface area (Å²) in [5.74, 6) is 6.44. The van der Waals surface area contributed by atoms with Gasteiger partial charge in [0, 0.05) is 16.5 Å². The van der Waals surface area contributed by atoms with Crippen molar-refractivity contribution in [2.24, 2.45) is 0 Å². The monoisotopic (exact) mass is 297 g/mol. The van der Waals surface area contributed by atoms with Gasteiger partial charge in [-0.2, -0.15) is 0 Å². The quantitative estimate of drug-likeness (QED) is 0.456. The summed E-state index contributed by atoms with van der Waals surface area (Å²) in [5, 5.41) is 2.34. The largest absolute Gasteiger partial charge is 0.338 e. The van der Waals surface area contributed by atoms with E-state index in [2.05, 4.69) is 71.3 Å². The molecule has 110 valence electrons. The van der Waals surface area contributed by atoms with E-state index in [1.54, 1.807) is 0 Å². The van der Waals surface area contributed by atoms with Crippen molar-refractivity contribution in [3.05, 3.63) is 78.9 Å². The molecule has 0 spiro atoms. The van der Waals surface area contributed by atoms with E-state index in [1.165, 1.54) is 16.3 Å². The topological polar surface area (TPSA) is 35.9 Å². The number of nitrogens with zero attached hydrogens (tertiary/aromatic N) is 2. The number of hydrogen-bond donors (Lipinski definition) is 1. The Balaban J connectivity index is 2.12. The highest BCUT2D eigenvalue weighted by Crippen LogP contribution is 2.37. The van der Waals surface area contributed by atoms with Gasteiger partial charge in [-0.15, -0.1) is 0 Å². The SMILES string of the molecule is Nn1c2ccccc2c2c1c1ccccc1n2-c1ccccc1. The molecule has 0 atom stereocenters. The molecule has 2 heterocycles. The maximum Gasteiger partial charge on any atom is 0.0965 e. The van der Waals surface area contributed by atoms with Gasteiger partial charge in [0.15, 0.2) is 0 Å². The van der Waals surface area contributed by atoms with E-state index in [1.807, 2.05) is 16.8 Å². The molecule has 0 aliphatic heterocycles. The molecule has 0 aliphatic carbocycles. The van der Waals surface area contributed by atoms with Gasteiger partial charge in [-0.3, -0.25) is 4.68 Å². The molecule has 2 N–H and O–H groups in total. The first kappa shape index (κ1) is 12.4. The molecule has 0 saturated carbocycles. The molecule has 0 saturated heterocycles. The number of para-hydroxylation sites is 3. The zero-order valence-electron chi connectivity index (χ0n) is 12.5. The zero-order chi connectivity index (χ0) is 15.4. The first-order valence-electron chi connectivity index (χ1n) is 7.69. The lowest BCUT2D eigenvalue weighted by atomic mass is 10.2. The lowest BCUT2D eigenvalue weighted by Crippen LogP contribution is -2.06. The molecule has 0 amide bonds. The van der Waals surface area contributed by atoms with Gasteiger partial charge in [0.1, 0.15) is 0 Å². The third kappa shape index (κ3) is 1.53. The van der Waals surface area contributed by atoms with Crippen molar-refractivity contribution < 1.29 is 0 Å². The summed E-state index contributed by atoms with van der Waals surface area (Å²) >= 11 is 0. The second kappa shape index (κ2) is 4.40. The van der Waals surface area contributed by atoms with E-state index in [0.29, 0.717) is 0 Å². The maximum absolute atomic E-state index is 6.44. The van der Waals surface area contributed by atoms with Crippen LogP contribution in [0.5, 0.6) is 0 Å². The van der Waals surface area contributed by atoms with E-state index in [9.17, 15) is 0 Å². The minimum atomic E-state index is 1.05. The zero-order valence-corrected chi connectivity index (χ0v) is 12.5. The van der Waals surface area contributed by atoms with E-state index >= 15 is 0 Å². The van der Waals surface area contributed by atoms with Crippen LogP contribution in [-0.2, 0) is 0 Å². The van der Waals surface area contributed by atoms with Gasteiger partial charge >= 0.3 is 0 Å². The summed E-state index contributed by atoms with van der Waals surface area (Å²) in [6.07, 6.45) is 0. The molecular formula is C20H15N3. The lowest BCUT2D eigenvalue weighted by molar-refractivity contribution is 1.12. The number of benzene rings is 3.